The highest BCUT2D eigenvalue weighted by Crippen LogP contribution is 2.34. The number of furan rings is 1. The Morgan fingerprint density at radius 3 is 2.48 bits per heavy atom. The highest BCUT2D eigenvalue weighted by Gasteiger charge is 2.35. The van der Waals surface area contributed by atoms with E-state index in [1.54, 1.807) is 27.5 Å². The highest BCUT2D eigenvalue weighted by atomic mass is 16.5. The Bertz CT molecular complexity index is 1170. The van der Waals surface area contributed by atoms with E-state index in [1.807, 2.05) is 63.2 Å². The van der Waals surface area contributed by atoms with Gasteiger partial charge in [0.25, 0.3) is 0 Å². The molecular formula is C23H24BN2O3. The fraction of sp³-hybridized carbons (Fsp3) is 0.304. The molecule has 3 aromatic heterocycles. The monoisotopic (exact) mass is 387 g/mol. The Labute approximate surface area is 171 Å². The summed E-state index contributed by atoms with van der Waals surface area (Å²) in [6.45, 7) is 9.11. The van der Waals surface area contributed by atoms with E-state index in [0.717, 1.165) is 38.8 Å². The van der Waals surface area contributed by atoms with E-state index in [4.69, 9.17) is 9.07 Å². The second-order valence-electron chi connectivity index (χ2n) is 8.37. The van der Waals surface area contributed by atoms with Gasteiger partial charge in [-0.25, -0.2) is 4.98 Å². The molecule has 0 saturated carbocycles. The van der Waals surface area contributed by atoms with Crippen molar-refractivity contribution in [1.82, 2.24) is 9.97 Å². The van der Waals surface area contributed by atoms with Crippen molar-refractivity contribution >= 4 is 35.0 Å². The largest absolute Gasteiger partial charge is 0.437 e. The molecule has 5 nitrogen and oxygen atoms in total. The van der Waals surface area contributed by atoms with Crippen LogP contribution in [0.1, 0.15) is 33.4 Å². The third-order valence-electron chi connectivity index (χ3n) is 5.53. The Hall–Kier alpha value is -2.70. The number of pyridine rings is 2. The lowest BCUT2D eigenvalue weighted by Crippen LogP contribution is -2.49. The number of aryl methyl sites for hydroxylation is 1. The zero-order chi connectivity index (χ0) is 20.8. The molecule has 1 N–H and O–H groups in total. The first-order valence-electron chi connectivity index (χ1n) is 9.64. The van der Waals surface area contributed by atoms with E-state index in [-0.39, 0.29) is 0 Å². The number of aromatic nitrogens is 2. The molecule has 0 aliphatic heterocycles. The fourth-order valence-corrected chi connectivity index (χ4v) is 2.97. The molecule has 147 valence electrons. The zero-order valence-corrected chi connectivity index (χ0v) is 17.4. The molecule has 4 aromatic rings. The van der Waals surface area contributed by atoms with Crippen molar-refractivity contribution < 1.29 is 14.2 Å². The zero-order valence-electron chi connectivity index (χ0n) is 17.4. The molecule has 0 bridgehead atoms. The highest BCUT2D eigenvalue weighted by molar-refractivity contribution is 6.46. The number of hydrogen-bond donors (Lipinski definition) is 1. The van der Waals surface area contributed by atoms with E-state index in [9.17, 15) is 5.11 Å². The summed E-state index contributed by atoms with van der Waals surface area (Å²) in [5.41, 5.74) is 3.19. The van der Waals surface area contributed by atoms with Crippen LogP contribution in [0.5, 0.6) is 0 Å². The summed E-state index contributed by atoms with van der Waals surface area (Å²) in [4.78, 5) is 9.10. The van der Waals surface area contributed by atoms with Crippen LogP contribution in [0.4, 0.5) is 0 Å². The van der Waals surface area contributed by atoms with Gasteiger partial charge in [0.05, 0.1) is 16.9 Å². The van der Waals surface area contributed by atoms with Crippen LogP contribution in [0.2, 0.25) is 0 Å². The van der Waals surface area contributed by atoms with Crippen LogP contribution in [-0.4, -0.2) is 33.8 Å². The first-order valence-corrected chi connectivity index (χ1v) is 9.64. The minimum atomic E-state index is -0.972. The van der Waals surface area contributed by atoms with E-state index in [2.05, 4.69) is 9.97 Å². The van der Waals surface area contributed by atoms with Gasteiger partial charge in [-0.2, -0.15) is 0 Å². The molecule has 0 unspecified atom stereocenters. The maximum absolute atomic E-state index is 10.2. The topological polar surface area (TPSA) is 68.4 Å². The fourth-order valence-electron chi connectivity index (χ4n) is 2.97. The van der Waals surface area contributed by atoms with Crippen LogP contribution in [0, 0.1) is 6.92 Å². The van der Waals surface area contributed by atoms with Crippen molar-refractivity contribution in [2.75, 3.05) is 0 Å². The van der Waals surface area contributed by atoms with Crippen molar-refractivity contribution in [1.29, 1.82) is 0 Å². The first-order chi connectivity index (χ1) is 13.7. The molecule has 0 fully saturated rings. The number of para-hydroxylation sites is 1. The van der Waals surface area contributed by atoms with Gasteiger partial charge in [-0.3, -0.25) is 4.98 Å². The maximum Gasteiger partial charge on any atom is 0.332 e. The van der Waals surface area contributed by atoms with Gasteiger partial charge in [-0.15, -0.1) is 0 Å². The van der Waals surface area contributed by atoms with Gasteiger partial charge < -0.3 is 14.2 Å². The smallest absolute Gasteiger partial charge is 0.332 e. The molecule has 0 atom stereocenters. The van der Waals surface area contributed by atoms with Crippen LogP contribution in [0.25, 0.3) is 33.3 Å². The van der Waals surface area contributed by atoms with Gasteiger partial charge in [0, 0.05) is 28.2 Å². The average Bonchev–Trinajstić information content (AvgIpc) is 3.03. The number of fused-ring (bicyclic) bond motifs is 3. The molecule has 0 aliphatic rings. The van der Waals surface area contributed by atoms with Crippen molar-refractivity contribution in [3.63, 3.8) is 0 Å². The van der Waals surface area contributed by atoms with Crippen molar-refractivity contribution in [2.24, 2.45) is 0 Å². The number of nitrogens with zero attached hydrogens (tertiary/aromatic N) is 2. The van der Waals surface area contributed by atoms with Gasteiger partial charge in [0.1, 0.15) is 5.58 Å². The third kappa shape index (κ3) is 3.66. The second-order valence-corrected chi connectivity index (χ2v) is 8.37. The van der Waals surface area contributed by atoms with Crippen LogP contribution in [0.3, 0.4) is 0 Å². The molecule has 4 rings (SSSR count). The van der Waals surface area contributed by atoms with Gasteiger partial charge >= 0.3 is 7.48 Å². The SMILES string of the molecule is Cc1ccc2c(n1)oc1c(-c3ccc([B]OC(C)(C)C(C)(C)O)cn3)cccc12. The van der Waals surface area contributed by atoms with Crippen molar-refractivity contribution in [3.05, 3.63) is 54.4 Å². The predicted octanol–water partition coefficient (Wildman–Crippen LogP) is 4.16. The third-order valence-corrected chi connectivity index (χ3v) is 5.53. The van der Waals surface area contributed by atoms with Gasteiger partial charge in [0.2, 0.25) is 5.71 Å². The average molecular weight is 387 g/mol. The van der Waals surface area contributed by atoms with Crippen LogP contribution in [-0.2, 0) is 4.65 Å². The van der Waals surface area contributed by atoms with Gasteiger partial charge in [0.15, 0.2) is 0 Å². The summed E-state index contributed by atoms with van der Waals surface area (Å²) < 4.78 is 11.9. The lowest BCUT2D eigenvalue weighted by Gasteiger charge is -2.37. The molecular weight excluding hydrogens is 363 g/mol. The van der Waals surface area contributed by atoms with Gasteiger partial charge in [-0.05, 0) is 64.3 Å². The van der Waals surface area contributed by atoms with E-state index in [1.165, 1.54) is 0 Å². The Morgan fingerprint density at radius 2 is 1.79 bits per heavy atom. The Balaban J connectivity index is 1.64. The van der Waals surface area contributed by atoms with Crippen molar-refractivity contribution in [2.45, 2.75) is 45.8 Å². The first kappa shape index (κ1) is 19.6. The molecule has 29 heavy (non-hydrogen) atoms. The molecule has 0 saturated heterocycles. The molecule has 1 aromatic carbocycles. The summed E-state index contributed by atoms with van der Waals surface area (Å²) >= 11 is 0. The summed E-state index contributed by atoms with van der Waals surface area (Å²) in [6.07, 6.45) is 1.75. The summed E-state index contributed by atoms with van der Waals surface area (Å²) in [7, 11) is 1.63. The Morgan fingerprint density at radius 1 is 1.00 bits per heavy atom. The quantitative estimate of drug-likeness (QED) is 0.521. The van der Waals surface area contributed by atoms with E-state index >= 15 is 0 Å². The van der Waals surface area contributed by atoms with Crippen LogP contribution in [0.15, 0.2) is 53.1 Å². The maximum atomic E-state index is 10.2. The van der Waals surface area contributed by atoms with Crippen LogP contribution >= 0.6 is 0 Å². The lowest BCUT2D eigenvalue weighted by atomic mass is 9.83. The molecule has 6 heteroatoms. The Kier molecular flexibility index (Phi) is 4.72. The molecule has 0 spiro atoms. The molecule has 0 aliphatic carbocycles. The van der Waals surface area contributed by atoms with Crippen molar-refractivity contribution in [3.8, 4) is 11.3 Å². The number of benzene rings is 1. The number of aliphatic hydroxyl groups is 1. The predicted molar refractivity (Wildman–Crippen MR) is 116 cm³/mol. The number of hydrogen-bond acceptors (Lipinski definition) is 5. The van der Waals surface area contributed by atoms with E-state index in [0.29, 0.717) is 5.71 Å². The minimum absolute atomic E-state index is 0.639. The lowest BCUT2D eigenvalue weighted by molar-refractivity contribution is -0.0893. The summed E-state index contributed by atoms with van der Waals surface area (Å²) in [5, 5.41) is 12.2. The second kappa shape index (κ2) is 6.97. The standard InChI is InChI=1S/C23H24BN2O3/c1-14-9-11-17-16-7-6-8-18(20(16)28-21(17)26-14)19-12-10-15(13-25-19)24-29-23(4,5)22(2,3)27/h6-13,27H,1-5H3. The van der Waals surface area contributed by atoms with Gasteiger partial charge in [-0.1, -0.05) is 18.2 Å². The summed E-state index contributed by atoms with van der Waals surface area (Å²) in [5.74, 6) is 0. The van der Waals surface area contributed by atoms with E-state index < -0.39 is 11.2 Å². The molecule has 0 amide bonds. The summed E-state index contributed by atoms with van der Waals surface area (Å²) in [6, 6.07) is 13.9. The molecule has 1 radical (unpaired) electrons. The number of rotatable bonds is 5. The minimum Gasteiger partial charge on any atom is -0.437 e. The van der Waals surface area contributed by atoms with Crippen LogP contribution < -0.4 is 5.46 Å². The molecule has 3 heterocycles. The normalized spacial score (nSPS) is 12.6.